The van der Waals surface area contributed by atoms with Crippen molar-refractivity contribution in [3.8, 4) is 0 Å². The minimum absolute atomic E-state index is 0.0100. The molecule has 0 aliphatic heterocycles. The summed E-state index contributed by atoms with van der Waals surface area (Å²) in [4.78, 5) is 0. The minimum Gasteiger partial charge on any atom is -0.381 e. The molecule has 0 fully saturated rings. The second kappa shape index (κ2) is 5.27. The summed E-state index contributed by atoms with van der Waals surface area (Å²) in [6, 6.07) is 4.79. The van der Waals surface area contributed by atoms with Crippen molar-refractivity contribution in [1.29, 1.82) is 0 Å². The maximum Gasteiger partial charge on any atom is 0.123 e. The van der Waals surface area contributed by atoms with E-state index < -0.39 is 0 Å². The molecule has 0 amide bonds. The van der Waals surface area contributed by atoms with Crippen molar-refractivity contribution in [1.82, 2.24) is 9.78 Å². The minimum atomic E-state index is -0.204. The molecule has 0 bridgehead atoms. The van der Waals surface area contributed by atoms with Crippen LogP contribution in [0.5, 0.6) is 0 Å². The van der Waals surface area contributed by atoms with Crippen LogP contribution in [-0.4, -0.2) is 9.78 Å². The van der Waals surface area contributed by atoms with Gasteiger partial charge >= 0.3 is 0 Å². The van der Waals surface area contributed by atoms with Crippen LogP contribution in [0.4, 0.5) is 10.1 Å². The Morgan fingerprint density at radius 2 is 2.00 bits per heavy atom. The third-order valence-corrected chi connectivity index (χ3v) is 3.27. The van der Waals surface area contributed by atoms with E-state index in [1.807, 2.05) is 24.9 Å². The average Bonchev–Trinajstić information content (AvgIpc) is 2.69. The molecule has 0 atom stereocenters. The summed E-state index contributed by atoms with van der Waals surface area (Å²) in [6.07, 6.45) is 2.03. The number of aryl methyl sites for hydroxylation is 2. The van der Waals surface area contributed by atoms with E-state index in [0.29, 0.717) is 6.54 Å². The van der Waals surface area contributed by atoms with Crippen LogP contribution in [0.1, 0.15) is 37.6 Å². The number of nitrogens with one attached hydrogen (secondary N) is 1. The predicted molar refractivity (Wildman–Crippen MR) is 80.4 cm³/mol. The van der Waals surface area contributed by atoms with E-state index in [4.69, 9.17) is 0 Å². The van der Waals surface area contributed by atoms with Gasteiger partial charge < -0.3 is 5.32 Å². The zero-order valence-electron chi connectivity index (χ0n) is 12.8. The fourth-order valence-corrected chi connectivity index (χ4v) is 2.31. The lowest BCUT2D eigenvalue weighted by atomic mass is 9.89. The molecule has 108 valence electrons. The van der Waals surface area contributed by atoms with Crippen LogP contribution >= 0.6 is 0 Å². The second-order valence-electron chi connectivity index (χ2n) is 6.24. The van der Waals surface area contributed by atoms with Crippen molar-refractivity contribution in [2.24, 2.45) is 7.05 Å². The standard InChI is InChI=1S/C16H22FN3/c1-11-8-13(17)6-7-14(11)18-9-12-10-20(5)19-15(12)16(2,3)4/h6-8,10,18H,9H2,1-5H3. The highest BCUT2D eigenvalue weighted by molar-refractivity contribution is 5.51. The fraction of sp³-hybridized carbons (Fsp3) is 0.438. The largest absolute Gasteiger partial charge is 0.381 e. The first-order valence-electron chi connectivity index (χ1n) is 6.80. The lowest BCUT2D eigenvalue weighted by Crippen LogP contribution is -2.16. The van der Waals surface area contributed by atoms with Gasteiger partial charge in [-0.2, -0.15) is 5.10 Å². The average molecular weight is 275 g/mol. The number of hydrogen-bond acceptors (Lipinski definition) is 2. The molecule has 0 aliphatic rings. The molecule has 1 N–H and O–H groups in total. The third kappa shape index (κ3) is 3.18. The van der Waals surface area contributed by atoms with Crippen LogP contribution < -0.4 is 5.32 Å². The van der Waals surface area contributed by atoms with E-state index >= 15 is 0 Å². The van der Waals surface area contributed by atoms with Gasteiger partial charge in [0.15, 0.2) is 0 Å². The Balaban J connectivity index is 2.19. The molecular weight excluding hydrogens is 253 g/mol. The van der Waals surface area contributed by atoms with Crippen LogP contribution in [-0.2, 0) is 19.0 Å². The smallest absolute Gasteiger partial charge is 0.123 e. The molecule has 2 aromatic rings. The van der Waals surface area contributed by atoms with Gasteiger partial charge in [0, 0.05) is 36.5 Å². The van der Waals surface area contributed by atoms with Crippen LogP contribution in [0.3, 0.4) is 0 Å². The van der Waals surface area contributed by atoms with E-state index in [1.54, 1.807) is 6.07 Å². The van der Waals surface area contributed by atoms with Crippen molar-refractivity contribution in [2.45, 2.75) is 39.7 Å². The van der Waals surface area contributed by atoms with Gasteiger partial charge in [-0.15, -0.1) is 0 Å². The van der Waals surface area contributed by atoms with E-state index in [1.165, 1.54) is 17.7 Å². The summed E-state index contributed by atoms with van der Waals surface area (Å²) < 4.78 is 14.9. The summed E-state index contributed by atoms with van der Waals surface area (Å²) in [5.41, 5.74) is 4.13. The molecule has 0 saturated carbocycles. The lowest BCUT2D eigenvalue weighted by Gasteiger charge is -2.18. The van der Waals surface area contributed by atoms with Crippen LogP contribution in [0.2, 0.25) is 0 Å². The molecule has 4 heteroatoms. The molecule has 20 heavy (non-hydrogen) atoms. The maximum atomic E-state index is 13.1. The predicted octanol–water partition coefficient (Wildman–Crippen LogP) is 3.78. The van der Waals surface area contributed by atoms with Crippen LogP contribution in [0, 0.1) is 12.7 Å². The number of nitrogens with zero attached hydrogens (tertiary/aromatic N) is 2. The number of hydrogen-bond donors (Lipinski definition) is 1. The van der Waals surface area contributed by atoms with E-state index in [9.17, 15) is 4.39 Å². The molecule has 1 heterocycles. The Labute approximate surface area is 119 Å². The van der Waals surface area contributed by atoms with Crippen molar-refractivity contribution in [3.05, 3.63) is 47.0 Å². The van der Waals surface area contributed by atoms with Gasteiger partial charge in [-0.3, -0.25) is 4.68 Å². The van der Waals surface area contributed by atoms with Gasteiger partial charge in [-0.05, 0) is 30.7 Å². The first kappa shape index (κ1) is 14.6. The monoisotopic (exact) mass is 275 g/mol. The zero-order chi connectivity index (χ0) is 14.9. The highest BCUT2D eigenvalue weighted by Gasteiger charge is 2.21. The molecule has 3 nitrogen and oxygen atoms in total. The van der Waals surface area contributed by atoms with E-state index in [-0.39, 0.29) is 11.2 Å². The van der Waals surface area contributed by atoms with Crippen molar-refractivity contribution in [3.63, 3.8) is 0 Å². The Bertz CT molecular complexity index is 609. The Kier molecular flexibility index (Phi) is 3.84. The molecule has 1 aromatic heterocycles. The van der Waals surface area contributed by atoms with Crippen molar-refractivity contribution >= 4 is 5.69 Å². The van der Waals surface area contributed by atoms with Gasteiger partial charge in [-0.1, -0.05) is 20.8 Å². The molecule has 2 rings (SSSR count). The second-order valence-corrected chi connectivity index (χ2v) is 6.24. The molecule has 0 aliphatic carbocycles. The number of anilines is 1. The summed E-state index contributed by atoms with van der Waals surface area (Å²) in [5.74, 6) is -0.204. The van der Waals surface area contributed by atoms with Gasteiger partial charge in [0.2, 0.25) is 0 Å². The van der Waals surface area contributed by atoms with Gasteiger partial charge in [0.1, 0.15) is 5.82 Å². The summed E-state index contributed by atoms with van der Waals surface area (Å²) in [6.45, 7) is 9.05. The zero-order valence-corrected chi connectivity index (χ0v) is 12.8. The number of rotatable bonds is 3. The molecule has 0 spiro atoms. The van der Waals surface area contributed by atoms with Gasteiger partial charge in [0.25, 0.3) is 0 Å². The van der Waals surface area contributed by atoms with Gasteiger partial charge in [-0.25, -0.2) is 4.39 Å². The van der Waals surface area contributed by atoms with Crippen LogP contribution in [0.15, 0.2) is 24.4 Å². The number of aromatic nitrogens is 2. The Hall–Kier alpha value is -1.84. The first-order chi connectivity index (χ1) is 9.27. The SMILES string of the molecule is Cc1cc(F)ccc1NCc1cn(C)nc1C(C)(C)C. The first-order valence-corrected chi connectivity index (χ1v) is 6.80. The molecular formula is C16H22FN3. The summed E-state index contributed by atoms with van der Waals surface area (Å²) in [5, 5.41) is 7.91. The topological polar surface area (TPSA) is 29.9 Å². The molecule has 0 unspecified atom stereocenters. The molecule has 0 saturated heterocycles. The Morgan fingerprint density at radius 3 is 2.60 bits per heavy atom. The molecule has 1 aromatic carbocycles. The quantitative estimate of drug-likeness (QED) is 0.924. The lowest BCUT2D eigenvalue weighted by molar-refractivity contribution is 0.549. The Morgan fingerprint density at radius 1 is 1.30 bits per heavy atom. The van der Waals surface area contributed by atoms with Gasteiger partial charge in [0.05, 0.1) is 5.69 Å². The highest BCUT2D eigenvalue weighted by atomic mass is 19.1. The summed E-state index contributed by atoms with van der Waals surface area (Å²) >= 11 is 0. The van der Waals surface area contributed by atoms with Crippen LogP contribution in [0.25, 0.3) is 0 Å². The fourth-order valence-electron chi connectivity index (χ4n) is 2.31. The third-order valence-electron chi connectivity index (χ3n) is 3.27. The summed E-state index contributed by atoms with van der Waals surface area (Å²) in [7, 11) is 1.93. The normalized spacial score (nSPS) is 11.7. The van der Waals surface area contributed by atoms with Crippen molar-refractivity contribution in [2.75, 3.05) is 5.32 Å². The molecule has 0 radical (unpaired) electrons. The highest BCUT2D eigenvalue weighted by Crippen LogP contribution is 2.25. The van der Waals surface area contributed by atoms with Crippen molar-refractivity contribution < 1.29 is 4.39 Å². The number of halogens is 1. The number of benzene rings is 1. The van der Waals surface area contributed by atoms with E-state index in [2.05, 4.69) is 31.2 Å². The maximum absolute atomic E-state index is 13.1. The van der Waals surface area contributed by atoms with E-state index in [0.717, 1.165) is 16.9 Å².